The molecule has 0 aliphatic heterocycles. The van der Waals surface area contributed by atoms with Gasteiger partial charge in [0.15, 0.2) is 0 Å². The van der Waals surface area contributed by atoms with E-state index in [1.807, 2.05) is 12.3 Å². The molecule has 0 saturated heterocycles. The van der Waals surface area contributed by atoms with E-state index in [1.54, 1.807) is 19.3 Å². The van der Waals surface area contributed by atoms with Gasteiger partial charge in [-0.2, -0.15) is 0 Å². The minimum absolute atomic E-state index is 0.0534. The average Bonchev–Trinajstić information content (AvgIpc) is 2.58. The molecule has 4 heteroatoms. The maximum atomic E-state index is 10.3. The minimum atomic E-state index is -0.934. The van der Waals surface area contributed by atoms with Gasteiger partial charge in [-0.1, -0.05) is 6.08 Å². The van der Waals surface area contributed by atoms with Gasteiger partial charge in [0.25, 0.3) is 0 Å². The Bertz CT molecular complexity index is 291. The molecule has 0 fully saturated rings. The quantitative estimate of drug-likeness (QED) is 0.603. The number of rotatable bonds is 4. The number of carboxylic acids is 1. The lowest BCUT2D eigenvalue weighted by Gasteiger charge is -2.08. The monoisotopic (exact) mass is 180 g/mol. The maximum Gasteiger partial charge on any atom is 0.328 e. The Morgan fingerprint density at radius 1 is 1.77 bits per heavy atom. The summed E-state index contributed by atoms with van der Waals surface area (Å²) in [6, 6.07) is 1.84. The summed E-state index contributed by atoms with van der Waals surface area (Å²) in [5, 5.41) is 11.4. The molecule has 0 bridgehead atoms. The van der Waals surface area contributed by atoms with Crippen LogP contribution in [0.4, 0.5) is 0 Å². The Balaban J connectivity index is 2.69. The number of nitrogens with one attached hydrogen (secondary N) is 2. The summed E-state index contributed by atoms with van der Waals surface area (Å²) in [6.07, 6.45) is 6.36. The van der Waals surface area contributed by atoms with Crippen LogP contribution >= 0.6 is 0 Å². The van der Waals surface area contributed by atoms with Crippen LogP contribution in [0.15, 0.2) is 30.6 Å². The van der Waals surface area contributed by atoms with Crippen LogP contribution in [0.2, 0.25) is 0 Å². The highest BCUT2D eigenvalue weighted by Crippen LogP contribution is 2.12. The number of aromatic nitrogens is 1. The number of carbonyl (C=O) groups is 1. The zero-order valence-electron chi connectivity index (χ0n) is 7.32. The van der Waals surface area contributed by atoms with Crippen molar-refractivity contribution in [2.45, 2.75) is 6.04 Å². The Morgan fingerprint density at radius 3 is 3.00 bits per heavy atom. The standard InChI is InChI=1S/C9H12N2O2/c1-10-8(2-3-9(12)13)7-4-5-11-6-7/h2-6,8,10-11H,1H3,(H,12,13)/b3-2+. The second kappa shape index (κ2) is 4.47. The lowest BCUT2D eigenvalue weighted by Crippen LogP contribution is -2.13. The number of H-pyrrole nitrogens is 1. The van der Waals surface area contributed by atoms with Crippen molar-refractivity contribution in [2.75, 3.05) is 7.05 Å². The van der Waals surface area contributed by atoms with Gasteiger partial charge in [-0.05, 0) is 18.7 Å². The van der Waals surface area contributed by atoms with Gasteiger partial charge in [-0.15, -0.1) is 0 Å². The summed E-state index contributed by atoms with van der Waals surface area (Å²) in [5.74, 6) is -0.934. The average molecular weight is 180 g/mol. The number of hydrogen-bond acceptors (Lipinski definition) is 2. The summed E-state index contributed by atoms with van der Waals surface area (Å²) in [4.78, 5) is 13.2. The number of aromatic amines is 1. The number of aliphatic carboxylic acids is 1. The fourth-order valence-corrected chi connectivity index (χ4v) is 1.08. The van der Waals surface area contributed by atoms with Gasteiger partial charge < -0.3 is 15.4 Å². The molecule has 1 unspecified atom stereocenters. The fraction of sp³-hybridized carbons (Fsp3) is 0.222. The molecule has 0 saturated carbocycles. The van der Waals surface area contributed by atoms with Crippen LogP contribution in [0, 0.1) is 0 Å². The summed E-state index contributed by atoms with van der Waals surface area (Å²) >= 11 is 0. The van der Waals surface area contributed by atoms with E-state index in [0.717, 1.165) is 11.6 Å². The predicted octanol–water partition coefficient (Wildman–Crippen LogP) is 0.916. The van der Waals surface area contributed by atoms with Crippen molar-refractivity contribution in [1.29, 1.82) is 0 Å². The first kappa shape index (κ1) is 9.54. The second-order valence-electron chi connectivity index (χ2n) is 2.61. The highest BCUT2D eigenvalue weighted by atomic mass is 16.4. The first-order valence-corrected chi connectivity index (χ1v) is 3.95. The van der Waals surface area contributed by atoms with E-state index < -0.39 is 5.97 Å². The van der Waals surface area contributed by atoms with Crippen LogP contribution in [0.25, 0.3) is 0 Å². The highest BCUT2D eigenvalue weighted by Gasteiger charge is 2.04. The molecular weight excluding hydrogens is 168 g/mol. The van der Waals surface area contributed by atoms with Gasteiger partial charge in [0.2, 0.25) is 0 Å². The summed E-state index contributed by atoms with van der Waals surface area (Å²) < 4.78 is 0. The second-order valence-corrected chi connectivity index (χ2v) is 2.61. The third-order valence-corrected chi connectivity index (χ3v) is 1.72. The van der Waals surface area contributed by atoms with Crippen LogP contribution < -0.4 is 5.32 Å². The van der Waals surface area contributed by atoms with Crippen LogP contribution in [-0.2, 0) is 4.79 Å². The minimum Gasteiger partial charge on any atom is -0.478 e. The zero-order chi connectivity index (χ0) is 9.68. The number of likely N-dealkylation sites (N-methyl/N-ethyl adjacent to an activating group) is 1. The van der Waals surface area contributed by atoms with Gasteiger partial charge in [0, 0.05) is 18.5 Å². The molecule has 0 amide bonds. The Morgan fingerprint density at radius 2 is 2.54 bits per heavy atom. The number of hydrogen-bond donors (Lipinski definition) is 3. The first-order valence-electron chi connectivity index (χ1n) is 3.95. The highest BCUT2D eigenvalue weighted by molar-refractivity contribution is 5.79. The smallest absolute Gasteiger partial charge is 0.328 e. The molecular formula is C9H12N2O2. The van der Waals surface area contributed by atoms with Gasteiger partial charge in [-0.3, -0.25) is 0 Å². The van der Waals surface area contributed by atoms with Crippen molar-refractivity contribution in [3.63, 3.8) is 0 Å². The van der Waals surface area contributed by atoms with Crippen molar-refractivity contribution in [3.8, 4) is 0 Å². The topological polar surface area (TPSA) is 65.1 Å². The first-order chi connectivity index (χ1) is 6.24. The van der Waals surface area contributed by atoms with E-state index in [0.29, 0.717) is 0 Å². The third kappa shape index (κ3) is 2.76. The van der Waals surface area contributed by atoms with Gasteiger partial charge in [0.05, 0.1) is 6.04 Å². The molecule has 3 N–H and O–H groups in total. The van der Waals surface area contributed by atoms with E-state index in [2.05, 4.69) is 10.3 Å². The van der Waals surface area contributed by atoms with E-state index in [4.69, 9.17) is 5.11 Å². The molecule has 0 aliphatic rings. The van der Waals surface area contributed by atoms with Gasteiger partial charge in [-0.25, -0.2) is 4.79 Å². The molecule has 70 valence electrons. The zero-order valence-corrected chi connectivity index (χ0v) is 7.32. The van der Waals surface area contributed by atoms with Crippen LogP contribution in [0.5, 0.6) is 0 Å². The van der Waals surface area contributed by atoms with E-state index in [1.165, 1.54) is 0 Å². The maximum absolute atomic E-state index is 10.3. The normalized spacial score (nSPS) is 13.3. The molecule has 1 atom stereocenters. The van der Waals surface area contributed by atoms with Crippen molar-refractivity contribution in [3.05, 3.63) is 36.2 Å². The molecule has 0 aromatic carbocycles. The Hall–Kier alpha value is -1.55. The van der Waals surface area contributed by atoms with E-state index >= 15 is 0 Å². The molecule has 1 heterocycles. The lowest BCUT2D eigenvalue weighted by molar-refractivity contribution is -0.131. The predicted molar refractivity (Wildman–Crippen MR) is 49.4 cm³/mol. The lowest BCUT2D eigenvalue weighted by atomic mass is 10.1. The summed E-state index contributed by atoms with van der Waals surface area (Å²) in [5.41, 5.74) is 1.01. The molecule has 0 spiro atoms. The molecule has 0 radical (unpaired) electrons. The van der Waals surface area contributed by atoms with Gasteiger partial charge in [0.1, 0.15) is 0 Å². The van der Waals surface area contributed by atoms with Gasteiger partial charge >= 0.3 is 5.97 Å². The van der Waals surface area contributed by atoms with Crippen LogP contribution in [0.3, 0.4) is 0 Å². The molecule has 1 aromatic rings. The molecule has 1 aromatic heterocycles. The van der Waals surface area contributed by atoms with Crippen molar-refractivity contribution in [2.24, 2.45) is 0 Å². The fourth-order valence-electron chi connectivity index (χ4n) is 1.08. The SMILES string of the molecule is CNC(/C=C/C(=O)O)c1cc[nH]c1. The molecule has 4 nitrogen and oxygen atoms in total. The van der Waals surface area contributed by atoms with Crippen LogP contribution in [0.1, 0.15) is 11.6 Å². The summed E-state index contributed by atoms with van der Waals surface area (Å²) in [7, 11) is 1.78. The van der Waals surface area contributed by atoms with Crippen molar-refractivity contribution < 1.29 is 9.90 Å². The Labute approximate surface area is 76.3 Å². The van der Waals surface area contributed by atoms with Crippen LogP contribution in [-0.4, -0.2) is 23.1 Å². The summed E-state index contributed by atoms with van der Waals surface area (Å²) in [6.45, 7) is 0. The Kier molecular flexibility index (Phi) is 3.28. The van der Waals surface area contributed by atoms with Crippen molar-refractivity contribution in [1.82, 2.24) is 10.3 Å². The molecule has 1 rings (SSSR count). The largest absolute Gasteiger partial charge is 0.478 e. The van der Waals surface area contributed by atoms with E-state index in [9.17, 15) is 4.79 Å². The van der Waals surface area contributed by atoms with E-state index in [-0.39, 0.29) is 6.04 Å². The molecule has 0 aliphatic carbocycles. The number of carboxylic acid groups (broad SMARTS) is 1. The third-order valence-electron chi connectivity index (χ3n) is 1.72. The van der Waals surface area contributed by atoms with Crippen molar-refractivity contribution >= 4 is 5.97 Å². The molecule has 13 heavy (non-hydrogen) atoms.